The molecule has 3 aromatic rings. The van der Waals surface area contributed by atoms with Gasteiger partial charge in [0.15, 0.2) is 5.82 Å². The first-order chi connectivity index (χ1) is 14.1. The van der Waals surface area contributed by atoms with Crippen molar-refractivity contribution in [3.63, 3.8) is 0 Å². The second-order valence-electron chi connectivity index (χ2n) is 7.46. The number of carbonyl (C=O) groups excluding carboxylic acids is 1. The number of hydrogen-bond acceptors (Lipinski definition) is 6. The third-order valence-electron chi connectivity index (χ3n) is 5.54. The molecule has 2 aromatic heterocycles. The van der Waals surface area contributed by atoms with Crippen LogP contribution in [0.25, 0.3) is 5.52 Å². The van der Waals surface area contributed by atoms with E-state index in [0.717, 1.165) is 42.8 Å². The van der Waals surface area contributed by atoms with E-state index in [2.05, 4.69) is 27.3 Å². The van der Waals surface area contributed by atoms with Gasteiger partial charge in [0.05, 0.1) is 18.2 Å². The molecule has 8 nitrogen and oxygen atoms in total. The lowest BCUT2D eigenvalue weighted by Gasteiger charge is -2.32. The number of anilines is 1. The number of nitrogens with zero attached hydrogens (tertiary/aromatic N) is 5. The fourth-order valence-corrected chi connectivity index (χ4v) is 3.75. The molecule has 1 aliphatic heterocycles. The highest BCUT2D eigenvalue weighted by molar-refractivity contribution is 5.99. The summed E-state index contributed by atoms with van der Waals surface area (Å²) in [6.45, 7) is 5.04. The third kappa shape index (κ3) is 3.81. The van der Waals surface area contributed by atoms with Gasteiger partial charge in [0.25, 0.3) is 5.91 Å². The van der Waals surface area contributed by atoms with E-state index >= 15 is 0 Å². The molecule has 0 bridgehead atoms. The molecule has 0 spiro atoms. The number of aromatic nitrogens is 3. The van der Waals surface area contributed by atoms with Gasteiger partial charge in [0.2, 0.25) is 0 Å². The van der Waals surface area contributed by atoms with Gasteiger partial charge in [0, 0.05) is 32.4 Å². The number of aliphatic hydroxyl groups is 1. The summed E-state index contributed by atoms with van der Waals surface area (Å²) >= 11 is 0. The van der Waals surface area contributed by atoms with Gasteiger partial charge < -0.3 is 20.2 Å². The van der Waals surface area contributed by atoms with Crippen molar-refractivity contribution in [3.8, 4) is 0 Å². The summed E-state index contributed by atoms with van der Waals surface area (Å²) in [6.07, 6.45) is 3.23. The molecule has 1 atom stereocenters. The van der Waals surface area contributed by atoms with E-state index in [4.69, 9.17) is 0 Å². The lowest BCUT2D eigenvalue weighted by Crippen LogP contribution is -2.47. The smallest absolute Gasteiger partial charge is 0.255 e. The summed E-state index contributed by atoms with van der Waals surface area (Å²) in [6, 6.07) is 9.42. The topological polar surface area (TPSA) is 86.0 Å². The monoisotopic (exact) mass is 394 g/mol. The molecule has 1 amide bonds. The van der Waals surface area contributed by atoms with E-state index < -0.39 is 0 Å². The van der Waals surface area contributed by atoms with Crippen LogP contribution < -0.4 is 5.32 Å². The summed E-state index contributed by atoms with van der Waals surface area (Å²) in [5, 5.41) is 17.5. The predicted octanol–water partition coefficient (Wildman–Crippen LogP) is 1.57. The number of hydrogen-bond donors (Lipinski definition) is 2. The van der Waals surface area contributed by atoms with Crippen LogP contribution in [-0.4, -0.2) is 75.2 Å². The predicted molar refractivity (Wildman–Crippen MR) is 111 cm³/mol. The van der Waals surface area contributed by atoms with E-state index in [-0.39, 0.29) is 18.6 Å². The van der Waals surface area contributed by atoms with Gasteiger partial charge in [-0.15, -0.1) is 0 Å². The van der Waals surface area contributed by atoms with Gasteiger partial charge in [-0.25, -0.2) is 9.50 Å². The molecule has 0 saturated carbocycles. The van der Waals surface area contributed by atoms with Gasteiger partial charge in [-0.1, -0.05) is 30.3 Å². The van der Waals surface area contributed by atoms with Crippen molar-refractivity contribution in [2.75, 3.05) is 45.2 Å². The van der Waals surface area contributed by atoms with Crippen LogP contribution in [0.3, 0.4) is 0 Å². The number of amides is 1. The molecule has 2 N–H and O–H groups in total. The maximum absolute atomic E-state index is 13.1. The van der Waals surface area contributed by atoms with Crippen molar-refractivity contribution in [3.05, 3.63) is 59.5 Å². The number of carbonyl (C=O) groups is 1. The van der Waals surface area contributed by atoms with E-state index in [0.29, 0.717) is 11.4 Å². The van der Waals surface area contributed by atoms with Gasteiger partial charge >= 0.3 is 0 Å². The van der Waals surface area contributed by atoms with Crippen molar-refractivity contribution in [1.82, 2.24) is 24.4 Å². The second kappa shape index (κ2) is 8.18. The number of aliphatic hydroxyl groups excluding tert-OH is 1. The third-order valence-corrected chi connectivity index (χ3v) is 5.54. The summed E-state index contributed by atoms with van der Waals surface area (Å²) < 4.78 is 1.69. The Labute approximate surface area is 169 Å². The van der Waals surface area contributed by atoms with Crippen LogP contribution in [0.2, 0.25) is 0 Å². The van der Waals surface area contributed by atoms with Crippen LogP contribution >= 0.6 is 0 Å². The Morgan fingerprint density at radius 1 is 1.21 bits per heavy atom. The van der Waals surface area contributed by atoms with Crippen molar-refractivity contribution < 1.29 is 9.90 Å². The number of piperazine rings is 1. The zero-order chi connectivity index (χ0) is 20.4. The van der Waals surface area contributed by atoms with Crippen LogP contribution in [0, 0.1) is 6.92 Å². The largest absolute Gasteiger partial charge is 0.394 e. The molecule has 1 saturated heterocycles. The molecule has 1 aliphatic rings. The average molecular weight is 394 g/mol. The first kappa shape index (κ1) is 19.4. The lowest BCUT2D eigenvalue weighted by atomic mass is 10.1. The number of benzene rings is 1. The van der Waals surface area contributed by atoms with Crippen LogP contribution in [-0.2, 0) is 0 Å². The standard InChI is InChI=1S/C21H26N6O2/c1-15-17(21(29)26-10-8-25(2)9-11-26)12-27-19(15)20(22-14-23-27)24-18(13-28)16-6-4-3-5-7-16/h3-7,12,14,18,28H,8-11,13H2,1-2H3,(H,22,23,24)/t18-/m1/s1. The average Bonchev–Trinajstić information content (AvgIpc) is 3.10. The summed E-state index contributed by atoms with van der Waals surface area (Å²) in [5.74, 6) is 0.617. The Bertz CT molecular complexity index is 995. The lowest BCUT2D eigenvalue weighted by molar-refractivity contribution is 0.0663. The molecule has 8 heteroatoms. The SMILES string of the molecule is Cc1c(C(=O)N2CCN(C)CC2)cn2ncnc(N[C@H](CO)c3ccccc3)c12. The Balaban J connectivity index is 1.65. The van der Waals surface area contributed by atoms with E-state index in [1.54, 1.807) is 10.7 Å². The molecule has 29 heavy (non-hydrogen) atoms. The van der Waals surface area contributed by atoms with Gasteiger partial charge in [0.1, 0.15) is 11.8 Å². The molecular weight excluding hydrogens is 368 g/mol. The number of rotatable bonds is 5. The zero-order valence-corrected chi connectivity index (χ0v) is 16.7. The van der Waals surface area contributed by atoms with Gasteiger partial charge in [-0.05, 0) is 25.1 Å². The molecule has 0 aliphatic carbocycles. The minimum atomic E-state index is -0.305. The number of nitrogens with one attached hydrogen (secondary N) is 1. The normalized spacial score (nSPS) is 16.2. The fraction of sp³-hybridized carbons (Fsp3) is 0.381. The molecule has 4 rings (SSSR count). The van der Waals surface area contributed by atoms with Gasteiger partial charge in [-0.3, -0.25) is 4.79 Å². The second-order valence-corrected chi connectivity index (χ2v) is 7.46. The molecule has 152 valence electrons. The molecule has 0 radical (unpaired) electrons. The quantitative estimate of drug-likeness (QED) is 0.683. The summed E-state index contributed by atoms with van der Waals surface area (Å²) in [7, 11) is 2.07. The maximum Gasteiger partial charge on any atom is 0.255 e. The highest BCUT2D eigenvalue weighted by Crippen LogP contribution is 2.27. The van der Waals surface area contributed by atoms with Crippen LogP contribution in [0.4, 0.5) is 5.82 Å². The number of fused-ring (bicyclic) bond motifs is 1. The first-order valence-electron chi connectivity index (χ1n) is 9.81. The minimum Gasteiger partial charge on any atom is -0.394 e. The molecule has 1 fully saturated rings. The van der Waals surface area contributed by atoms with E-state index in [9.17, 15) is 9.90 Å². The Morgan fingerprint density at radius 2 is 1.93 bits per heavy atom. The first-order valence-corrected chi connectivity index (χ1v) is 9.81. The molecule has 0 unspecified atom stereocenters. The van der Waals surface area contributed by atoms with Gasteiger partial charge in [-0.2, -0.15) is 5.10 Å². The van der Waals surface area contributed by atoms with Crippen molar-refractivity contribution in [1.29, 1.82) is 0 Å². The molecular formula is C21H26N6O2. The number of aryl methyl sites for hydroxylation is 1. The van der Waals surface area contributed by atoms with Crippen LogP contribution in [0.15, 0.2) is 42.9 Å². The highest BCUT2D eigenvalue weighted by Gasteiger charge is 2.25. The maximum atomic E-state index is 13.1. The van der Waals surface area contributed by atoms with E-state index in [1.807, 2.05) is 42.2 Å². The fourth-order valence-electron chi connectivity index (χ4n) is 3.75. The summed E-state index contributed by atoms with van der Waals surface area (Å²) in [5.41, 5.74) is 3.18. The number of likely N-dealkylation sites (N-methyl/N-ethyl adjacent to an activating group) is 1. The van der Waals surface area contributed by atoms with Crippen molar-refractivity contribution >= 4 is 17.2 Å². The van der Waals surface area contributed by atoms with Crippen LogP contribution in [0.1, 0.15) is 27.5 Å². The zero-order valence-electron chi connectivity index (χ0n) is 16.7. The van der Waals surface area contributed by atoms with Crippen LogP contribution in [0.5, 0.6) is 0 Å². The molecule has 1 aromatic carbocycles. The molecule has 3 heterocycles. The minimum absolute atomic E-state index is 0.0221. The Hall–Kier alpha value is -2.97. The Kier molecular flexibility index (Phi) is 5.46. The van der Waals surface area contributed by atoms with E-state index in [1.165, 1.54) is 6.33 Å². The highest BCUT2D eigenvalue weighted by atomic mass is 16.3. The van der Waals surface area contributed by atoms with Crippen molar-refractivity contribution in [2.24, 2.45) is 0 Å². The Morgan fingerprint density at radius 3 is 2.62 bits per heavy atom. The van der Waals surface area contributed by atoms with Crippen molar-refractivity contribution in [2.45, 2.75) is 13.0 Å². The summed E-state index contributed by atoms with van der Waals surface area (Å²) in [4.78, 5) is 21.6.